The molecule has 2 aromatic rings. The number of amides is 1. The largest absolute Gasteiger partial charge is 0.387 e. The molecule has 7 heteroatoms. The fourth-order valence-corrected chi connectivity index (χ4v) is 3.03. The van der Waals surface area contributed by atoms with Crippen molar-refractivity contribution in [3.05, 3.63) is 60.2 Å². The SMILES string of the molecule is CS(=O)(=O)c1cccc(NC(=O)C2=NOC(c3ccccc3)C2)c1. The fraction of sp³-hybridized carbons (Fsp3) is 0.176. The fourth-order valence-electron chi connectivity index (χ4n) is 2.37. The average Bonchev–Trinajstić information content (AvgIpc) is 3.05. The molecule has 6 nitrogen and oxygen atoms in total. The smallest absolute Gasteiger partial charge is 0.273 e. The van der Waals surface area contributed by atoms with Gasteiger partial charge >= 0.3 is 0 Å². The van der Waals surface area contributed by atoms with Crippen LogP contribution in [0.3, 0.4) is 0 Å². The highest BCUT2D eigenvalue weighted by atomic mass is 32.2. The molecule has 124 valence electrons. The van der Waals surface area contributed by atoms with Gasteiger partial charge in [0.15, 0.2) is 15.9 Å². The summed E-state index contributed by atoms with van der Waals surface area (Å²) in [5.74, 6) is -0.404. The van der Waals surface area contributed by atoms with Crippen LogP contribution in [0.4, 0.5) is 5.69 Å². The van der Waals surface area contributed by atoms with Crippen molar-refractivity contribution in [3.63, 3.8) is 0 Å². The van der Waals surface area contributed by atoms with Crippen LogP contribution in [0.2, 0.25) is 0 Å². The molecule has 1 aliphatic heterocycles. The Morgan fingerprint density at radius 1 is 1.17 bits per heavy atom. The lowest BCUT2D eigenvalue weighted by molar-refractivity contribution is -0.110. The van der Waals surface area contributed by atoms with Gasteiger partial charge in [0.1, 0.15) is 5.71 Å². The third-order valence-electron chi connectivity index (χ3n) is 3.62. The summed E-state index contributed by atoms with van der Waals surface area (Å²) in [5, 5.41) is 6.50. The second-order valence-electron chi connectivity index (χ2n) is 5.50. The van der Waals surface area contributed by atoms with Gasteiger partial charge in [0.25, 0.3) is 5.91 Å². The number of nitrogens with zero attached hydrogens (tertiary/aromatic N) is 1. The van der Waals surface area contributed by atoms with Crippen LogP contribution in [-0.2, 0) is 19.5 Å². The van der Waals surface area contributed by atoms with E-state index >= 15 is 0 Å². The molecule has 0 bridgehead atoms. The van der Waals surface area contributed by atoms with Gasteiger partial charge < -0.3 is 10.2 Å². The van der Waals surface area contributed by atoms with Crippen molar-refractivity contribution >= 4 is 27.1 Å². The van der Waals surface area contributed by atoms with Crippen molar-refractivity contribution in [2.24, 2.45) is 5.16 Å². The second kappa shape index (κ2) is 6.45. The molecular formula is C17H16N2O4S. The third-order valence-corrected chi connectivity index (χ3v) is 4.73. The molecule has 0 saturated carbocycles. The van der Waals surface area contributed by atoms with E-state index in [1.807, 2.05) is 30.3 Å². The van der Waals surface area contributed by atoms with Gasteiger partial charge in [0.05, 0.1) is 4.90 Å². The Balaban J connectivity index is 1.68. The number of hydrogen-bond donors (Lipinski definition) is 1. The maximum Gasteiger partial charge on any atom is 0.273 e. The van der Waals surface area contributed by atoms with E-state index in [-0.39, 0.29) is 16.7 Å². The molecule has 1 atom stereocenters. The monoisotopic (exact) mass is 344 g/mol. The minimum Gasteiger partial charge on any atom is -0.387 e. The van der Waals surface area contributed by atoms with E-state index in [0.717, 1.165) is 11.8 Å². The summed E-state index contributed by atoms with van der Waals surface area (Å²) in [5.41, 5.74) is 1.62. The quantitative estimate of drug-likeness (QED) is 0.924. The van der Waals surface area contributed by atoms with Gasteiger partial charge in [-0.3, -0.25) is 4.79 Å². The van der Waals surface area contributed by atoms with Crippen LogP contribution in [0.1, 0.15) is 18.1 Å². The van der Waals surface area contributed by atoms with Crippen molar-refractivity contribution in [2.75, 3.05) is 11.6 Å². The van der Waals surface area contributed by atoms with Crippen LogP contribution >= 0.6 is 0 Å². The van der Waals surface area contributed by atoms with E-state index in [0.29, 0.717) is 12.1 Å². The summed E-state index contributed by atoms with van der Waals surface area (Å²) >= 11 is 0. The molecule has 0 aliphatic carbocycles. The normalized spacial score (nSPS) is 17.0. The van der Waals surface area contributed by atoms with Gasteiger partial charge in [-0.05, 0) is 23.8 Å². The number of sulfone groups is 1. The number of carbonyl (C=O) groups excluding carboxylic acids is 1. The van der Waals surface area contributed by atoms with Crippen LogP contribution in [0.5, 0.6) is 0 Å². The van der Waals surface area contributed by atoms with E-state index in [1.54, 1.807) is 12.1 Å². The van der Waals surface area contributed by atoms with Crippen LogP contribution in [0.25, 0.3) is 0 Å². The molecular weight excluding hydrogens is 328 g/mol. The van der Waals surface area contributed by atoms with Gasteiger partial charge in [-0.2, -0.15) is 0 Å². The number of anilines is 1. The molecule has 24 heavy (non-hydrogen) atoms. The molecule has 1 heterocycles. The third kappa shape index (κ3) is 3.62. The number of nitrogens with one attached hydrogen (secondary N) is 1. The minimum absolute atomic E-state index is 0.145. The first kappa shape index (κ1) is 16.2. The maximum absolute atomic E-state index is 12.3. The zero-order chi connectivity index (χ0) is 17.2. The molecule has 0 aromatic heterocycles. The van der Waals surface area contributed by atoms with Crippen molar-refractivity contribution in [2.45, 2.75) is 17.4 Å². The predicted molar refractivity (Wildman–Crippen MR) is 90.5 cm³/mol. The summed E-state index contributed by atoms with van der Waals surface area (Å²) in [6, 6.07) is 15.6. The number of oxime groups is 1. The molecule has 3 rings (SSSR count). The molecule has 1 aliphatic rings. The molecule has 0 radical (unpaired) electrons. The summed E-state index contributed by atoms with van der Waals surface area (Å²) in [6.45, 7) is 0. The number of carbonyl (C=O) groups is 1. The highest BCUT2D eigenvalue weighted by molar-refractivity contribution is 7.90. The minimum atomic E-state index is -3.33. The molecule has 1 N–H and O–H groups in total. The molecule has 1 amide bonds. The Hall–Kier alpha value is -2.67. The van der Waals surface area contributed by atoms with Crippen molar-refractivity contribution in [1.82, 2.24) is 0 Å². The maximum atomic E-state index is 12.3. The van der Waals surface area contributed by atoms with E-state index in [2.05, 4.69) is 10.5 Å². The summed E-state index contributed by atoms with van der Waals surface area (Å²) in [4.78, 5) is 17.7. The molecule has 0 saturated heterocycles. The van der Waals surface area contributed by atoms with Crippen LogP contribution in [0.15, 0.2) is 64.6 Å². The summed E-state index contributed by atoms with van der Waals surface area (Å²) in [7, 11) is -3.33. The Morgan fingerprint density at radius 3 is 2.62 bits per heavy atom. The molecule has 0 fully saturated rings. The van der Waals surface area contributed by atoms with Gasteiger partial charge in [0.2, 0.25) is 0 Å². The van der Waals surface area contributed by atoms with Crippen LogP contribution < -0.4 is 5.32 Å². The van der Waals surface area contributed by atoms with Crippen molar-refractivity contribution < 1.29 is 18.0 Å². The summed E-state index contributed by atoms with van der Waals surface area (Å²) in [6.07, 6.45) is 1.20. The summed E-state index contributed by atoms with van der Waals surface area (Å²) < 4.78 is 23.1. The van der Waals surface area contributed by atoms with Gasteiger partial charge in [0, 0.05) is 18.4 Å². The van der Waals surface area contributed by atoms with Gasteiger partial charge in [-0.15, -0.1) is 0 Å². The predicted octanol–water partition coefficient (Wildman–Crippen LogP) is 2.55. The Labute approximate surface area is 140 Å². The van der Waals surface area contributed by atoms with Gasteiger partial charge in [-0.25, -0.2) is 8.42 Å². The lowest BCUT2D eigenvalue weighted by Gasteiger charge is -2.08. The van der Waals surface area contributed by atoms with Gasteiger partial charge in [-0.1, -0.05) is 41.6 Å². The lowest BCUT2D eigenvalue weighted by Crippen LogP contribution is -2.22. The Kier molecular flexibility index (Phi) is 4.35. The van der Waals surface area contributed by atoms with Crippen molar-refractivity contribution in [3.8, 4) is 0 Å². The zero-order valence-corrected chi connectivity index (χ0v) is 13.8. The van der Waals surface area contributed by atoms with Crippen molar-refractivity contribution in [1.29, 1.82) is 0 Å². The molecule has 1 unspecified atom stereocenters. The highest BCUT2D eigenvalue weighted by Crippen LogP contribution is 2.27. The van der Waals surface area contributed by atoms with E-state index in [1.165, 1.54) is 12.1 Å². The molecule has 0 spiro atoms. The van der Waals surface area contributed by atoms with E-state index < -0.39 is 15.7 Å². The number of benzene rings is 2. The zero-order valence-electron chi connectivity index (χ0n) is 13.0. The first-order valence-electron chi connectivity index (χ1n) is 7.32. The Morgan fingerprint density at radius 2 is 1.92 bits per heavy atom. The highest BCUT2D eigenvalue weighted by Gasteiger charge is 2.27. The van der Waals surface area contributed by atoms with Crippen LogP contribution in [0, 0.1) is 0 Å². The lowest BCUT2D eigenvalue weighted by atomic mass is 10.0. The van der Waals surface area contributed by atoms with Crippen LogP contribution in [-0.4, -0.2) is 26.3 Å². The Bertz CT molecular complexity index is 892. The topological polar surface area (TPSA) is 84.8 Å². The number of hydrogen-bond acceptors (Lipinski definition) is 5. The van der Waals surface area contributed by atoms with E-state index in [9.17, 15) is 13.2 Å². The van der Waals surface area contributed by atoms with E-state index in [4.69, 9.17) is 4.84 Å². The molecule has 2 aromatic carbocycles. The number of rotatable bonds is 4. The second-order valence-corrected chi connectivity index (χ2v) is 7.52. The first-order valence-corrected chi connectivity index (χ1v) is 9.22. The average molecular weight is 344 g/mol. The standard InChI is InChI=1S/C17H16N2O4S/c1-24(21,22)14-9-5-8-13(10-14)18-17(20)15-11-16(23-19-15)12-6-3-2-4-7-12/h2-10,16H,11H2,1H3,(H,18,20). The first-order chi connectivity index (χ1) is 11.4.